The van der Waals surface area contributed by atoms with E-state index >= 15 is 0 Å². The Bertz CT molecular complexity index is 486. The molecule has 0 saturated heterocycles. The third-order valence-corrected chi connectivity index (χ3v) is 4.38. The van der Waals surface area contributed by atoms with E-state index in [0.717, 1.165) is 0 Å². The van der Waals surface area contributed by atoms with Crippen molar-refractivity contribution < 1.29 is 13.6 Å². The van der Waals surface area contributed by atoms with Crippen molar-refractivity contribution in [3.8, 4) is 6.07 Å². The number of hydrogen-bond acceptors (Lipinski definition) is 5. The summed E-state index contributed by atoms with van der Waals surface area (Å²) in [5, 5.41) is 9.12. The molecule has 1 rings (SSSR count). The summed E-state index contributed by atoms with van der Waals surface area (Å²) in [4.78, 5) is 4.13. The van der Waals surface area contributed by atoms with Gasteiger partial charge in [-0.25, -0.2) is 0 Å². The highest BCUT2D eigenvalue weighted by molar-refractivity contribution is 7.56. The first-order valence-corrected chi connectivity index (χ1v) is 7.65. The van der Waals surface area contributed by atoms with Gasteiger partial charge in [0, 0.05) is 6.21 Å². The van der Waals surface area contributed by atoms with E-state index in [1.807, 2.05) is 24.3 Å². The molecule has 0 aliphatic heterocycles. The average molecular weight is 280 g/mol. The minimum atomic E-state index is -3.48. The molecule has 0 bridgehead atoms. The Hall–Kier alpha value is -1.47. The van der Waals surface area contributed by atoms with Crippen molar-refractivity contribution in [1.82, 2.24) is 0 Å². The minimum Gasteiger partial charge on any atom is -0.308 e. The Labute approximate surface area is 113 Å². The van der Waals surface area contributed by atoms with Gasteiger partial charge in [0.15, 0.2) is 5.66 Å². The van der Waals surface area contributed by atoms with Crippen LogP contribution in [-0.4, -0.2) is 25.1 Å². The first-order chi connectivity index (χ1) is 9.16. The Balaban J connectivity index is 2.90. The Morgan fingerprint density at radius 3 is 2.37 bits per heavy atom. The van der Waals surface area contributed by atoms with Gasteiger partial charge in [0.05, 0.1) is 25.0 Å². The molecule has 0 heterocycles. The number of nitrogens with zero attached hydrogens (tertiary/aromatic N) is 2. The molecule has 0 amide bonds. The van der Waals surface area contributed by atoms with Gasteiger partial charge in [-0.2, -0.15) is 5.26 Å². The topological polar surface area (TPSA) is 71.7 Å². The second-order valence-electron chi connectivity index (χ2n) is 3.56. The zero-order chi connectivity index (χ0) is 14.1. The summed E-state index contributed by atoms with van der Waals surface area (Å²) in [6.07, 6.45) is 1.32. The van der Waals surface area contributed by atoms with Crippen molar-refractivity contribution in [2.75, 3.05) is 13.2 Å². The molecule has 6 heteroatoms. The number of benzene rings is 1. The Kier molecular flexibility index (Phi) is 6.44. The molecule has 1 unspecified atom stereocenters. The van der Waals surface area contributed by atoms with Gasteiger partial charge < -0.3 is 9.05 Å². The highest BCUT2D eigenvalue weighted by atomic mass is 31.2. The van der Waals surface area contributed by atoms with Crippen LogP contribution in [0.5, 0.6) is 0 Å². The van der Waals surface area contributed by atoms with E-state index in [1.54, 1.807) is 26.0 Å². The second kappa shape index (κ2) is 7.85. The van der Waals surface area contributed by atoms with Crippen LogP contribution in [0, 0.1) is 11.3 Å². The van der Waals surface area contributed by atoms with Crippen LogP contribution in [0.3, 0.4) is 0 Å². The van der Waals surface area contributed by atoms with Crippen molar-refractivity contribution in [2.45, 2.75) is 19.5 Å². The molecule has 1 aromatic rings. The van der Waals surface area contributed by atoms with Gasteiger partial charge in [-0.15, -0.1) is 0 Å². The van der Waals surface area contributed by atoms with Crippen molar-refractivity contribution in [3.05, 3.63) is 30.3 Å². The van der Waals surface area contributed by atoms with E-state index < -0.39 is 13.3 Å². The van der Waals surface area contributed by atoms with Gasteiger partial charge in [0.25, 0.3) is 0 Å². The number of hydrogen-bond donors (Lipinski definition) is 0. The van der Waals surface area contributed by atoms with Gasteiger partial charge in [-0.05, 0) is 26.0 Å². The lowest BCUT2D eigenvalue weighted by Crippen LogP contribution is -2.12. The molecule has 0 spiro atoms. The molecule has 0 aliphatic carbocycles. The third kappa shape index (κ3) is 4.60. The zero-order valence-corrected chi connectivity index (χ0v) is 11.9. The summed E-state index contributed by atoms with van der Waals surface area (Å²) >= 11 is 0. The van der Waals surface area contributed by atoms with Gasteiger partial charge in [-0.1, -0.05) is 18.2 Å². The van der Waals surface area contributed by atoms with E-state index in [4.69, 9.17) is 14.3 Å². The first kappa shape index (κ1) is 15.6. The van der Waals surface area contributed by atoms with Crippen LogP contribution in [0.25, 0.3) is 0 Å². The summed E-state index contributed by atoms with van der Waals surface area (Å²) in [7, 11) is -3.48. The van der Waals surface area contributed by atoms with E-state index in [-0.39, 0.29) is 13.2 Å². The molecule has 1 atom stereocenters. The van der Waals surface area contributed by atoms with Crippen LogP contribution in [0.15, 0.2) is 35.3 Å². The van der Waals surface area contributed by atoms with Crippen molar-refractivity contribution in [3.63, 3.8) is 0 Å². The van der Waals surface area contributed by atoms with Crippen LogP contribution < -0.4 is 0 Å². The summed E-state index contributed by atoms with van der Waals surface area (Å²) in [5.74, 6) is 0. The fourth-order valence-corrected chi connectivity index (χ4v) is 2.90. The summed E-state index contributed by atoms with van der Waals surface area (Å²) in [6.45, 7) is 3.84. The Morgan fingerprint density at radius 2 is 1.89 bits per heavy atom. The first-order valence-electron chi connectivity index (χ1n) is 6.04. The fourth-order valence-electron chi connectivity index (χ4n) is 1.41. The van der Waals surface area contributed by atoms with Crippen LogP contribution >= 0.6 is 7.60 Å². The normalized spacial score (nSPS) is 13.3. The zero-order valence-electron chi connectivity index (χ0n) is 11.0. The van der Waals surface area contributed by atoms with Gasteiger partial charge >= 0.3 is 7.60 Å². The molecule has 102 valence electrons. The third-order valence-electron chi connectivity index (χ3n) is 2.21. The van der Waals surface area contributed by atoms with Crippen molar-refractivity contribution >= 4 is 19.5 Å². The highest BCUT2D eigenvalue weighted by Gasteiger charge is 2.34. The molecule has 19 heavy (non-hydrogen) atoms. The lowest BCUT2D eigenvalue weighted by atomic mass is 10.3. The van der Waals surface area contributed by atoms with Crippen LogP contribution in [0.1, 0.15) is 13.8 Å². The van der Waals surface area contributed by atoms with E-state index in [2.05, 4.69) is 4.99 Å². The number of para-hydroxylation sites is 1. The van der Waals surface area contributed by atoms with Gasteiger partial charge in [-0.3, -0.25) is 9.56 Å². The SMILES string of the molecule is CCOP(=O)(OCC)C(C#N)C=Nc1ccccc1. The Morgan fingerprint density at radius 1 is 1.32 bits per heavy atom. The lowest BCUT2D eigenvalue weighted by Gasteiger charge is -2.18. The van der Waals surface area contributed by atoms with E-state index in [0.29, 0.717) is 5.69 Å². The fraction of sp³-hybridized carbons (Fsp3) is 0.385. The quantitative estimate of drug-likeness (QED) is 0.565. The van der Waals surface area contributed by atoms with Gasteiger partial charge in [0.2, 0.25) is 0 Å². The highest BCUT2D eigenvalue weighted by Crippen LogP contribution is 2.52. The van der Waals surface area contributed by atoms with Crippen LogP contribution in [0.4, 0.5) is 5.69 Å². The largest absolute Gasteiger partial charge is 0.353 e. The summed E-state index contributed by atoms with van der Waals surface area (Å²) in [5.41, 5.74) is -0.324. The molecule has 1 aromatic carbocycles. The number of aliphatic imine (C=N–C) groups is 1. The standard InChI is InChI=1S/C13H17N2O3P/c1-3-17-19(16,18-4-2)13(10-14)11-15-12-8-6-5-7-9-12/h5-9,11,13H,3-4H2,1-2H3. The van der Waals surface area contributed by atoms with Gasteiger partial charge in [0.1, 0.15) is 0 Å². The maximum Gasteiger partial charge on any atom is 0.353 e. The monoisotopic (exact) mass is 280 g/mol. The van der Waals surface area contributed by atoms with Crippen molar-refractivity contribution in [1.29, 1.82) is 5.26 Å². The van der Waals surface area contributed by atoms with E-state index in [1.165, 1.54) is 6.21 Å². The summed E-state index contributed by atoms with van der Waals surface area (Å²) in [6, 6.07) is 11.0. The number of nitriles is 1. The molecule has 0 aromatic heterocycles. The maximum absolute atomic E-state index is 12.4. The molecule has 0 N–H and O–H groups in total. The molecular formula is C13H17N2O3P. The average Bonchev–Trinajstić information content (AvgIpc) is 2.41. The smallest absolute Gasteiger partial charge is 0.308 e. The minimum absolute atomic E-state index is 0.217. The molecule has 5 nitrogen and oxygen atoms in total. The summed E-state index contributed by atoms with van der Waals surface area (Å²) < 4.78 is 22.7. The second-order valence-corrected chi connectivity index (χ2v) is 5.72. The predicted molar refractivity (Wildman–Crippen MR) is 74.9 cm³/mol. The molecule has 0 radical (unpaired) electrons. The van der Waals surface area contributed by atoms with E-state index in [9.17, 15) is 4.57 Å². The lowest BCUT2D eigenvalue weighted by molar-refractivity contribution is 0.220. The van der Waals surface area contributed by atoms with Crippen molar-refractivity contribution in [2.24, 2.45) is 4.99 Å². The molecule has 0 aliphatic rings. The predicted octanol–water partition coefficient (Wildman–Crippen LogP) is 3.55. The van der Waals surface area contributed by atoms with Crippen LogP contribution in [0.2, 0.25) is 0 Å². The maximum atomic E-state index is 12.4. The van der Waals surface area contributed by atoms with Crippen LogP contribution in [-0.2, 0) is 13.6 Å². The molecule has 0 fully saturated rings. The molecule has 0 saturated carbocycles. The molecular weight excluding hydrogens is 263 g/mol. The number of rotatable bonds is 7.